The Morgan fingerprint density at radius 2 is 1.33 bits per heavy atom. The Balaban J connectivity index is 6.73. The molecule has 2 nitrogen and oxygen atoms in total. The van der Waals surface area contributed by atoms with Crippen LogP contribution in [0.5, 0.6) is 0 Å². The molecule has 0 aromatic carbocycles. The van der Waals surface area contributed by atoms with Crippen molar-refractivity contribution >= 4 is 5.97 Å². The summed E-state index contributed by atoms with van der Waals surface area (Å²) in [6.45, 7) is -3.63. The second-order valence-electron chi connectivity index (χ2n) is 3.94. The average molecular weight is 339 g/mol. The number of carbonyl (C=O) groups is 1. The van der Waals surface area contributed by atoms with Gasteiger partial charge in [0.1, 0.15) is 0 Å². The van der Waals surface area contributed by atoms with Gasteiger partial charge in [-0.25, -0.2) is 0 Å². The molecule has 0 fully saturated rings. The maximum atomic E-state index is 12.8. The van der Waals surface area contributed by atoms with Crippen molar-refractivity contribution in [2.75, 3.05) is 0 Å². The maximum Gasteiger partial charge on any atom is 0.447 e. The summed E-state index contributed by atoms with van der Waals surface area (Å²) < 4.78 is 153. The van der Waals surface area contributed by atoms with Gasteiger partial charge in [-0.3, -0.25) is 4.79 Å². The predicted octanol–water partition coefficient (Wildman–Crippen LogP) is 4.39. The molecule has 0 spiro atoms. The van der Waals surface area contributed by atoms with Crippen molar-refractivity contribution in [3.05, 3.63) is 0 Å². The second kappa shape index (κ2) is 5.24. The van der Waals surface area contributed by atoms with Gasteiger partial charge in [-0.05, 0) is 20.1 Å². The highest BCUT2D eigenvalue weighted by atomic mass is 19.4. The minimum absolute atomic E-state index is 0.0379. The molecule has 0 aromatic heterocycles. The standard InChI is InChI=1S/C10H11F9O2/c1-4-6(2,3)5(20)21-7(8(11,12)13,9(14,15)16)10(17,18)19/h4H2,1-3H3/i2D3,4D2. The summed E-state index contributed by atoms with van der Waals surface area (Å²) in [5, 5.41) is 0. The topological polar surface area (TPSA) is 26.3 Å². The van der Waals surface area contributed by atoms with E-state index in [1.807, 2.05) is 0 Å². The van der Waals surface area contributed by atoms with Crippen molar-refractivity contribution in [3.63, 3.8) is 0 Å². The van der Waals surface area contributed by atoms with Gasteiger partial charge in [0.05, 0.1) is 5.41 Å². The largest absolute Gasteiger partial charge is 0.447 e. The van der Waals surface area contributed by atoms with Gasteiger partial charge in [0.15, 0.2) is 0 Å². The summed E-state index contributed by atoms with van der Waals surface area (Å²) in [4.78, 5) is 11.8. The van der Waals surface area contributed by atoms with Gasteiger partial charge in [0, 0.05) is 6.85 Å². The molecular weight excluding hydrogens is 323 g/mol. The van der Waals surface area contributed by atoms with Crippen LogP contribution >= 0.6 is 0 Å². The molecule has 11 heteroatoms. The fourth-order valence-electron chi connectivity index (χ4n) is 0.999. The summed E-state index contributed by atoms with van der Waals surface area (Å²) in [6, 6.07) is 0. The fourth-order valence-corrected chi connectivity index (χ4v) is 0.999. The van der Waals surface area contributed by atoms with Crippen LogP contribution in [0.2, 0.25) is 0 Å². The lowest BCUT2D eigenvalue weighted by molar-refractivity contribution is -0.447. The van der Waals surface area contributed by atoms with Crippen LogP contribution in [0.15, 0.2) is 0 Å². The van der Waals surface area contributed by atoms with Crippen LogP contribution in [0.4, 0.5) is 39.5 Å². The van der Waals surface area contributed by atoms with Gasteiger partial charge in [0.25, 0.3) is 0 Å². The van der Waals surface area contributed by atoms with Crippen LogP contribution in [0.25, 0.3) is 0 Å². The predicted molar refractivity (Wildman–Crippen MR) is 51.1 cm³/mol. The SMILES string of the molecule is [2H]C([2H])([2H])C(C)(C(=O)OC(C(F)(F)F)(C(F)(F)F)C(F)(F)F)C([2H])([2H])C. The molecule has 0 N–H and O–H groups in total. The molecule has 0 saturated carbocycles. The Labute approximate surface area is 120 Å². The molecule has 126 valence electrons. The molecule has 0 rings (SSSR count). The van der Waals surface area contributed by atoms with Crippen molar-refractivity contribution in [2.45, 2.75) is 51.2 Å². The molecule has 1 atom stereocenters. The molecular formula is C10H11F9O2. The van der Waals surface area contributed by atoms with Crippen LogP contribution in [-0.4, -0.2) is 30.1 Å². The van der Waals surface area contributed by atoms with Crippen molar-refractivity contribution in [3.8, 4) is 0 Å². The van der Waals surface area contributed by atoms with Gasteiger partial charge < -0.3 is 4.74 Å². The van der Waals surface area contributed by atoms with Gasteiger partial charge in [-0.2, -0.15) is 39.5 Å². The quantitative estimate of drug-likeness (QED) is 0.563. The lowest BCUT2D eigenvalue weighted by atomic mass is 9.90. The first-order valence-electron chi connectivity index (χ1n) is 7.31. The van der Waals surface area contributed by atoms with E-state index >= 15 is 0 Å². The first-order valence-corrected chi connectivity index (χ1v) is 4.81. The number of rotatable bonds is 3. The highest BCUT2D eigenvalue weighted by Gasteiger charge is 2.87. The third-order valence-corrected chi connectivity index (χ3v) is 2.35. The monoisotopic (exact) mass is 339 g/mol. The van der Waals surface area contributed by atoms with Crippen LogP contribution in [0, 0.1) is 5.41 Å². The second-order valence-corrected chi connectivity index (χ2v) is 3.94. The summed E-state index contributed by atoms with van der Waals surface area (Å²) >= 11 is 0. The van der Waals surface area contributed by atoms with Crippen LogP contribution in [-0.2, 0) is 9.53 Å². The fraction of sp³-hybridized carbons (Fsp3) is 0.900. The normalized spacial score (nSPS) is 22.1. The van der Waals surface area contributed by atoms with Gasteiger partial charge in [0.2, 0.25) is 0 Å². The van der Waals surface area contributed by atoms with Crippen molar-refractivity contribution in [1.82, 2.24) is 0 Å². The molecule has 0 amide bonds. The summed E-state index contributed by atoms with van der Waals surface area (Å²) in [6.07, 6.45) is -25.2. The average Bonchev–Trinajstić information content (AvgIpc) is 2.26. The summed E-state index contributed by atoms with van der Waals surface area (Å²) in [7, 11) is 0. The van der Waals surface area contributed by atoms with Crippen LogP contribution in [0.3, 0.4) is 0 Å². The van der Waals surface area contributed by atoms with Gasteiger partial charge >= 0.3 is 30.1 Å². The third kappa shape index (κ3) is 3.37. The lowest BCUT2D eigenvalue weighted by Crippen LogP contribution is -2.69. The number of alkyl halides is 9. The minimum atomic E-state index is -7.27. The molecule has 0 radical (unpaired) electrons. The van der Waals surface area contributed by atoms with E-state index in [2.05, 4.69) is 4.74 Å². The number of hydrogen-bond acceptors (Lipinski definition) is 2. The molecule has 0 heterocycles. The third-order valence-electron chi connectivity index (χ3n) is 2.35. The molecule has 0 aliphatic heterocycles. The Kier molecular flexibility index (Phi) is 3.09. The highest BCUT2D eigenvalue weighted by Crippen LogP contribution is 2.55. The Bertz CT molecular complexity index is 492. The number of ether oxygens (including phenoxy) is 1. The van der Waals surface area contributed by atoms with Crippen molar-refractivity contribution in [1.29, 1.82) is 0 Å². The molecule has 1 unspecified atom stereocenters. The number of carbonyl (C=O) groups excluding carboxylic acids is 1. The van der Waals surface area contributed by atoms with E-state index in [-0.39, 0.29) is 13.8 Å². The smallest absolute Gasteiger partial charge is 0.432 e. The highest BCUT2D eigenvalue weighted by molar-refractivity contribution is 5.76. The zero-order chi connectivity index (χ0) is 21.8. The van der Waals surface area contributed by atoms with E-state index in [1.54, 1.807) is 0 Å². The Morgan fingerprint density at radius 3 is 1.52 bits per heavy atom. The Hall–Kier alpha value is -1.16. The molecule has 0 aliphatic carbocycles. The van der Waals surface area contributed by atoms with E-state index < -0.39 is 48.7 Å². The summed E-state index contributed by atoms with van der Waals surface area (Å²) in [5.74, 6) is -3.18. The first kappa shape index (κ1) is 12.4. The van der Waals surface area contributed by atoms with Crippen LogP contribution in [0.1, 0.15) is 33.9 Å². The molecule has 21 heavy (non-hydrogen) atoms. The molecule has 0 aliphatic rings. The first-order chi connectivity index (χ1) is 10.9. The Morgan fingerprint density at radius 1 is 1.00 bits per heavy atom. The van der Waals surface area contributed by atoms with E-state index in [9.17, 15) is 44.3 Å². The van der Waals surface area contributed by atoms with Crippen LogP contribution < -0.4 is 0 Å². The molecule has 0 aromatic rings. The van der Waals surface area contributed by atoms with E-state index in [0.717, 1.165) is 0 Å². The van der Waals surface area contributed by atoms with E-state index in [1.165, 1.54) is 0 Å². The van der Waals surface area contributed by atoms with Crippen molar-refractivity contribution < 1.29 is 55.9 Å². The maximum absolute atomic E-state index is 12.8. The van der Waals surface area contributed by atoms with Crippen molar-refractivity contribution in [2.24, 2.45) is 5.41 Å². The molecule has 0 saturated heterocycles. The van der Waals surface area contributed by atoms with Gasteiger partial charge in [-0.1, -0.05) is 6.92 Å². The lowest BCUT2D eigenvalue weighted by Gasteiger charge is -2.39. The minimum Gasteiger partial charge on any atom is -0.432 e. The van der Waals surface area contributed by atoms with E-state index in [4.69, 9.17) is 6.85 Å². The number of halogens is 9. The zero-order valence-electron chi connectivity index (χ0n) is 15.2. The zero-order valence-corrected chi connectivity index (χ0v) is 10.2. The van der Waals surface area contributed by atoms with Gasteiger partial charge in [-0.15, -0.1) is 0 Å². The van der Waals surface area contributed by atoms with E-state index in [0.29, 0.717) is 0 Å². The molecule has 0 bridgehead atoms. The summed E-state index contributed by atoms with van der Waals surface area (Å²) in [5.41, 5.74) is -10.8. The number of hydrogen-bond donors (Lipinski definition) is 0. The number of esters is 1.